The number of carbonyl (C=O) groups excluding carboxylic acids is 1. The van der Waals surface area contributed by atoms with Gasteiger partial charge >= 0.3 is 0 Å². The molecule has 0 saturated carbocycles. The van der Waals surface area contributed by atoms with Crippen molar-refractivity contribution in [1.82, 2.24) is 19.9 Å². The molecule has 1 unspecified atom stereocenters. The maximum Gasteiger partial charge on any atom is 0.229 e. The Morgan fingerprint density at radius 2 is 2.20 bits per heavy atom. The van der Waals surface area contributed by atoms with E-state index in [-0.39, 0.29) is 42.4 Å². The van der Waals surface area contributed by atoms with Gasteiger partial charge in [-0.25, -0.2) is 9.97 Å². The normalized spacial score (nSPS) is 19.0. The van der Waals surface area contributed by atoms with Crippen LogP contribution >= 0.6 is 0 Å². The number of carbonyl (C=O) groups is 1. The third-order valence-corrected chi connectivity index (χ3v) is 3.03. The highest BCUT2D eigenvalue weighted by Crippen LogP contribution is 2.25. The molecule has 5 N–H and O–H groups in total. The Bertz CT molecular complexity index is 690. The van der Waals surface area contributed by atoms with Crippen LogP contribution in [0.4, 0.5) is 11.8 Å². The number of rotatable bonds is 2. The van der Waals surface area contributed by atoms with Crippen LogP contribution in [0.1, 0.15) is 12.1 Å². The van der Waals surface area contributed by atoms with E-state index in [4.69, 9.17) is 16.6 Å². The van der Waals surface area contributed by atoms with Gasteiger partial charge in [0, 0.05) is 19.0 Å². The Morgan fingerprint density at radius 1 is 1.40 bits per heavy atom. The second-order valence-corrected chi connectivity index (χ2v) is 4.57. The molecule has 2 aromatic rings. The molecule has 1 aliphatic rings. The molecule has 1 amide bonds. The lowest BCUT2D eigenvalue weighted by atomic mass is 10.3. The van der Waals surface area contributed by atoms with Crippen molar-refractivity contribution < 1.29 is 9.90 Å². The lowest BCUT2D eigenvalue weighted by Gasteiger charge is -2.16. The number of aromatic nitrogens is 4. The van der Waals surface area contributed by atoms with Crippen LogP contribution in [-0.4, -0.2) is 43.5 Å². The van der Waals surface area contributed by atoms with E-state index >= 15 is 0 Å². The minimum Gasteiger partial charge on any atom is -0.390 e. The summed E-state index contributed by atoms with van der Waals surface area (Å²) in [5.41, 5.74) is 12.4. The second kappa shape index (κ2) is 4.62. The maximum absolute atomic E-state index is 11.9. The van der Waals surface area contributed by atoms with Crippen molar-refractivity contribution in [2.24, 2.45) is 5.73 Å². The molecule has 1 saturated heterocycles. The Labute approximate surface area is 113 Å². The summed E-state index contributed by atoms with van der Waals surface area (Å²) in [7, 11) is 0. The van der Waals surface area contributed by atoms with E-state index in [9.17, 15) is 4.79 Å². The van der Waals surface area contributed by atoms with Crippen LogP contribution < -0.4 is 16.4 Å². The van der Waals surface area contributed by atoms with Gasteiger partial charge in [-0.1, -0.05) is 0 Å². The third kappa shape index (κ3) is 2.02. The lowest BCUT2D eigenvalue weighted by molar-refractivity contribution is -0.117. The van der Waals surface area contributed by atoms with Gasteiger partial charge in [0.05, 0.1) is 18.5 Å². The van der Waals surface area contributed by atoms with Crippen molar-refractivity contribution in [2.45, 2.75) is 19.1 Å². The van der Waals surface area contributed by atoms with E-state index in [0.717, 1.165) is 0 Å². The molecule has 9 nitrogen and oxygen atoms in total. The second-order valence-electron chi connectivity index (χ2n) is 4.57. The van der Waals surface area contributed by atoms with Crippen molar-refractivity contribution in [2.75, 3.05) is 17.2 Å². The molecule has 0 aromatic carbocycles. The quantitative estimate of drug-likeness (QED) is 0.604. The van der Waals surface area contributed by atoms with Crippen molar-refractivity contribution in [1.29, 1.82) is 0 Å². The Hall–Kier alpha value is -2.39. The first-order valence-corrected chi connectivity index (χ1v) is 6.04. The summed E-state index contributed by atoms with van der Waals surface area (Å²) in [6, 6.07) is -0.247. The molecule has 2 aromatic heterocycles. The van der Waals surface area contributed by atoms with E-state index in [2.05, 4.69) is 19.9 Å². The first-order chi connectivity index (χ1) is 9.58. The van der Waals surface area contributed by atoms with Crippen LogP contribution in [-0.2, 0) is 11.4 Å². The summed E-state index contributed by atoms with van der Waals surface area (Å²) in [6.45, 7) is 0.0790. The monoisotopic (exact) mass is 275 g/mol. The molecule has 0 aliphatic carbocycles. The van der Waals surface area contributed by atoms with Gasteiger partial charge < -0.3 is 16.6 Å². The van der Waals surface area contributed by atoms with E-state index in [1.807, 2.05) is 0 Å². The zero-order valence-corrected chi connectivity index (χ0v) is 10.5. The molecule has 1 aliphatic heterocycles. The van der Waals surface area contributed by atoms with Crippen LogP contribution in [0.25, 0.3) is 11.2 Å². The number of nitrogens with zero attached hydrogens (tertiary/aromatic N) is 5. The van der Waals surface area contributed by atoms with Crippen LogP contribution in [0, 0.1) is 0 Å². The molecular formula is C11H13N7O2. The zero-order chi connectivity index (χ0) is 14.3. The molecule has 1 atom stereocenters. The molecule has 0 spiro atoms. The Kier molecular flexibility index (Phi) is 2.92. The van der Waals surface area contributed by atoms with E-state index < -0.39 is 0 Å². The fourth-order valence-electron chi connectivity index (χ4n) is 2.15. The number of fused-ring (bicyclic) bond motifs is 1. The molecule has 0 radical (unpaired) electrons. The van der Waals surface area contributed by atoms with E-state index in [1.54, 1.807) is 0 Å². The average molecular weight is 275 g/mol. The van der Waals surface area contributed by atoms with Gasteiger partial charge in [-0.3, -0.25) is 9.69 Å². The van der Waals surface area contributed by atoms with Crippen LogP contribution in [0.5, 0.6) is 0 Å². The number of aliphatic hydroxyl groups is 1. The van der Waals surface area contributed by atoms with Crippen molar-refractivity contribution in [3.05, 3.63) is 11.9 Å². The standard InChI is InChI=1S/C11H13N7O2/c12-5-1-7(20)18(3-5)10-8-9(16-11(13)17-10)14-2-6(4-19)15-8/h2,5,19H,1,3-4,12H2,(H2,13,14,16,17). The van der Waals surface area contributed by atoms with Crippen LogP contribution in [0.2, 0.25) is 0 Å². The average Bonchev–Trinajstić information content (AvgIpc) is 2.76. The number of nitrogen functional groups attached to an aromatic ring is 1. The highest BCUT2D eigenvalue weighted by atomic mass is 16.3. The summed E-state index contributed by atoms with van der Waals surface area (Å²) in [5, 5.41) is 9.13. The number of nitrogens with two attached hydrogens (primary N) is 2. The summed E-state index contributed by atoms with van der Waals surface area (Å²) in [6.07, 6.45) is 1.65. The van der Waals surface area contributed by atoms with E-state index in [0.29, 0.717) is 17.8 Å². The molecule has 9 heteroatoms. The fraction of sp³-hybridized carbons (Fsp3) is 0.364. The molecule has 1 fully saturated rings. The topological polar surface area (TPSA) is 144 Å². The highest BCUT2D eigenvalue weighted by Gasteiger charge is 2.31. The number of hydrogen-bond acceptors (Lipinski definition) is 8. The van der Waals surface area contributed by atoms with Crippen molar-refractivity contribution in [3.8, 4) is 0 Å². The first kappa shape index (κ1) is 12.6. The number of aliphatic hydroxyl groups excluding tert-OH is 1. The molecule has 20 heavy (non-hydrogen) atoms. The predicted molar refractivity (Wildman–Crippen MR) is 70.4 cm³/mol. The van der Waals surface area contributed by atoms with Gasteiger partial charge in [0.25, 0.3) is 0 Å². The molecule has 3 rings (SSSR count). The van der Waals surface area contributed by atoms with Crippen molar-refractivity contribution in [3.63, 3.8) is 0 Å². The van der Waals surface area contributed by atoms with Gasteiger partial charge in [-0.15, -0.1) is 0 Å². The van der Waals surface area contributed by atoms with Gasteiger partial charge in [0.1, 0.15) is 0 Å². The van der Waals surface area contributed by atoms with Crippen molar-refractivity contribution >= 4 is 28.8 Å². The van der Waals surface area contributed by atoms with Gasteiger partial charge in [0.2, 0.25) is 11.9 Å². The molecule has 104 valence electrons. The summed E-state index contributed by atoms with van der Waals surface area (Å²) >= 11 is 0. The summed E-state index contributed by atoms with van der Waals surface area (Å²) in [5.74, 6) is 0.146. The smallest absolute Gasteiger partial charge is 0.229 e. The van der Waals surface area contributed by atoms with Gasteiger partial charge in [-0.2, -0.15) is 9.97 Å². The van der Waals surface area contributed by atoms with Gasteiger partial charge in [0.15, 0.2) is 17.0 Å². The number of hydrogen-bond donors (Lipinski definition) is 3. The van der Waals surface area contributed by atoms with E-state index in [1.165, 1.54) is 11.1 Å². The predicted octanol–water partition coefficient (Wildman–Crippen LogP) is -1.44. The summed E-state index contributed by atoms with van der Waals surface area (Å²) in [4.78, 5) is 29.7. The molecule has 0 bridgehead atoms. The third-order valence-electron chi connectivity index (χ3n) is 3.03. The number of amides is 1. The zero-order valence-electron chi connectivity index (χ0n) is 10.5. The molecular weight excluding hydrogens is 262 g/mol. The Balaban J connectivity index is 2.20. The highest BCUT2D eigenvalue weighted by molar-refractivity contribution is 6.01. The minimum atomic E-state index is -0.264. The molecule has 3 heterocycles. The SMILES string of the molecule is Nc1nc(N2CC(N)CC2=O)c2nc(CO)cnc2n1. The maximum atomic E-state index is 11.9. The summed E-state index contributed by atoms with van der Waals surface area (Å²) < 4.78 is 0. The largest absolute Gasteiger partial charge is 0.390 e. The Morgan fingerprint density at radius 3 is 2.85 bits per heavy atom. The lowest BCUT2D eigenvalue weighted by Crippen LogP contribution is -2.29. The van der Waals surface area contributed by atoms with Crippen LogP contribution in [0.3, 0.4) is 0 Å². The number of anilines is 2. The minimum absolute atomic E-state index is 0.00631. The van der Waals surface area contributed by atoms with Gasteiger partial charge in [-0.05, 0) is 0 Å². The first-order valence-electron chi connectivity index (χ1n) is 6.04. The fourth-order valence-corrected chi connectivity index (χ4v) is 2.15. The van der Waals surface area contributed by atoms with Crippen LogP contribution in [0.15, 0.2) is 6.20 Å².